The van der Waals surface area contributed by atoms with Gasteiger partial charge in [0.1, 0.15) is 5.82 Å². The smallest absolute Gasteiger partial charge is 0.200 e. The Morgan fingerprint density at radius 1 is 0.700 bits per heavy atom. The van der Waals surface area contributed by atoms with Gasteiger partial charge in [-0.05, 0) is 11.6 Å². The summed E-state index contributed by atoms with van der Waals surface area (Å²) in [5, 5.41) is 0. The van der Waals surface area contributed by atoms with Crippen LogP contribution in [0.1, 0.15) is 5.56 Å². The van der Waals surface area contributed by atoms with Crippen molar-refractivity contribution in [1.29, 1.82) is 0 Å². The van der Waals surface area contributed by atoms with E-state index >= 15 is 0 Å². The third kappa shape index (κ3) is 2.03. The normalized spacial score (nSPS) is 10.9. The molecule has 7 heteroatoms. The van der Waals surface area contributed by atoms with E-state index in [1.807, 2.05) is 0 Å². The predicted molar refractivity (Wildman–Crippen MR) is 59.5 cm³/mol. The average Bonchev–Trinajstić information content (AvgIpc) is 2.44. The Morgan fingerprint density at radius 3 is 1.70 bits per heavy atom. The molecule has 0 amide bonds. The highest BCUT2D eigenvalue weighted by molar-refractivity contribution is 5.69. The van der Waals surface area contributed by atoms with E-state index in [0.717, 1.165) is 6.07 Å². The van der Waals surface area contributed by atoms with Crippen LogP contribution in [0.25, 0.3) is 11.1 Å². The Balaban J connectivity index is 2.91. The van der Waals surface area contributed by atoms with Gasteiger partial charge in [-0.15, -0.1) is 0 Å². The standard InChI is InChI=1S/C13H7F6N/c14-6-3-1-2-5(4-20)7(6)8-9(15)11(17)13(19)12(18)10(8)16/h1-3H,4,20H2. The van der Waals surface area contributed by atoms with Crippen LogP contribution in [0.3, 0.4) is 0 Å². The van der Waals surface area contributed by atoms with Crippen molar-refractivity contribution in [2.75, 3.05) is 0 Å². The van der Waals surface area contributed by atoms with E-state index in [2.05, 4.69) is 0 Å². The van der Waals surface area contributed by atoms with E-state index in [-0.39, 0.29) is 12.1 Å². The van der Waals surface area contributed by atoms with Crippen LogP contribution >= 0.6 is 0 Å². The Bertz CT molecular complexity index is 654. The van der Waals surface area contributed by atoms with Gasteiger partial charge in [-0.25, -0.2) is 26.3 Å². The molecule has 0 unspecified atom stereocenters. The van der Waals surface area contributed by atoms with Gasteiger partial charge in [0.15, 0.2) is 23.3 Å². The lowest BCUT2D eigenvalue weighted by Gasteiger charge is -2.12. The highest BCUT2D eigenvalue weighted by Gasteiger charge is 2.29. The second-order valence-electron chi connectivity index (χ2n) is 3.92. The lowest BCUT2D eigenvalue weighted by atomic mass is 9.97. The first-order valence-corrected chi connectivity index (χ1v) is 5.39. The molecule has 2 rings (SSSR count). The Morgan fingerprint density at radius 2 is 1.20 bits per heavy atom. The molecule has 2 aromatic rings. The zero-order chi connectivity index (χ0) is 15.0. The summed E-state index contributed by atoms with van der Waals surface area (Å²) in [4.78, 5) is 0. The van der Waals surface area contributed by atoms with Crippen LogP contribution in [0.2, 0.25) is 0 Å². The van der Waals surface area contributed by atoms with Crippen LogP contribution in [-0.4, -0.2) is 0 Å². The van der Waals surface area contributed by atoms with Crippen LogP contribution in [0.4, 0.5) is 26.3 Å². The molecule has 106 valence electrons. The highest BCUT2D eigenvalue weighted by Crippen LogP contribution is 2.35. The predicted octanol–water partition coefficient (Wildman–Crippen LogP) is 3.65. The summed E-state index contributed by atoms with van der Waals surface area (Å²) in [5.74, 6) is -11.9. The molecule has 0 aliphatic rings. The van der Waals surface area contributed by atoms with Crippen molar-refractivity contribution in [3.63, 3.8) is 0 Å². The maximum atomic E-state index is 13.7. The fourth-order valence-electron chi connectivity index (χ4n) is 1.84. The summed E-state index contributed by atoms with van der Waals surface area (Å²) in [7, 11) is 0. The minimum atomic E-state index is -2.30. The van der Waals surface area contributed by atoms with E-state index in [9.17, 15) is 26.3 Å². The van der Waals surface area contributed by atoms with Gasteiger partial charge >= 0.3 is 0 Å². The van der Waals surface area contributed by atoms with Crippen LogP contribution < -0.4 is 5.73 Å². The molecule has 20 heavy (non-hydrogen) atoms. The van der Waals surface area contributed by atoms with Crippen molar-refractivity contribution in [3.8, 4) is 11.1 Å². The van der Waals surface area contributed by atoms with Gasteiger partial charge in [-0.3, -0.25) is 0 Å². The lowest BCUT2D eigenvalue weighted by Crippen LogP contribution is -2.08. The fraction of sp³-hybridized carbons (Fsp3) is 0.0769. The second kappa shape index (κ2) is 5.16. The molecule has 2 aromatic carbocycles. The minimum absolute atomic E-state index is 0.0757. The van der Waals surface area contributed by atoms with Gasteiger partial charge in [0, 0.05) is 12.1 Å². The summed E-state index contributed by atoms with van der Waals surface area (Å²) in [6, 6.07) is 3.29. The van der Waals surface area contributed by atoms with Crippen molar-refractivity contribution < 1.29 is 26.3 Å². The molecule has 0 bridgehead atoms. The number of nitrogens with two attached hydrogens (primary N) is 1. The van der Waals surface area contributed by atoms with Crippen molar-refractivity contribution >= 4 is 0 Å². The molecule has 0 spiro atoms. The number of hydrogen-bond donors (Lipinski definition) is 1. The van der Waals surface area contributed by atoms with Gasteiger partial charge in [0.2, 0.25) is 5.82 Å². The molecular formula is C13H7F6N. The van der Waals surface area contributed by atoms with E-state index in [1.54, 1.807) is 0 Å². The summed E-state index contributed by atoms with van der Waals surface area (Å²) < 4.78 is 80.3. The largest absolute Gasteiger partial charge is 0.326 e. The molecule has 0 aliphatic heterocycles. The molecular weight excluding hydrogens is 284 g/mol. The third-order valence-corrected chi connectivity index (χ3v) is 2.78. The van der Waals surface area contributed by atoms with Crippen molar-refractivity contribution in [2.45, 2.75) is 6.54 Å². The maximum Gasteiger partial charge on any atom is 0.200 e. The van der Waals surface area contributed by atoms with Crippen LogP contribution in [-0.2, 0) is 6.54 Å². The van der Waals surface area contributed by atoms with Gasteiger partial charge in [-0.2, -0.15) is 0 Å². The summed E-state index contributed by atoms with van der Waals surface area (Å²) in [6.45, 7) is -0.327. The third-order valence-electron chi connectivity index (χ3n) is 2.78. The molecule has 0 fully saturated rings. The Hall–Kier alpha value is -2.02. The lowest BCUT2D eigenvalue weighted by molar-refractivity contribution is 0.381. The molecule has 0 atom stereocenters. The molecule has 2 N–H and O–H groups in total. The van der Waals surface area contributed by atoms with E-state index in [1.165, 1.54) is 12.1 Å². The summed E-state index contributed by atoms with van der Waals surface area (Å²) in [5.41, 5.74) is 3.16. The number of halogens is 6. The molecule has 0 radical (unpaired) electrons. The first kappa shape index (κ1) is 14.4. The van der Waals surface area contributed by atoms with E-state index in [0.29, 0.717) is 0 Å². The SMILES string of the molecule is NCc1cccc(F)c1-c1c(F)c(F)c(F)c(F)c1F. The van der Waals surface area contributed by atoms with E-state index < -0.39 is 46.0 Å². The number of hydrogen-bond acceptors (Lipinski definition) is 1. The van der Waals surface area contributed by atoms with Crippen LogP contribution in [0.5, 0.6) is 0 Å². The Labute approximate surface area is 109 Å². The topological polar surface area (TPSA) is 26.0 Å². The first-order chi connectivity index (χ1) is 9.40. The molecule has 1 nitrogen and oxygen atoms in total. The quantitative estimate of drug-likeness (QED) is 0.510. The van der Waals surface area contributed by atoms with Crippen molar-refractivity contribution in [2.24, 2.45) is 5.73 Å². The summed E-state index contributed by atoms with van der Waals surface area (Å²) in [6.07, 6.45) is 0. The number of benzene rings is 2. The average molecular weight is 291 g/mol. The zero-order valence-electron chi connectivity index (χ0n) is 9.78. The van der Waals surface area contributed by atoms with Crippen LogP contribution in [0, 0.1) is 34.9 Å². The van der Waals surface area contributed by atoms with E-state index in [4.69, 9.17) is 5.73 Å². The van der Waals surface area contributed by atoms with Crippen molar-refractivity contribution in [1.82, 2.24) is 0 Å². The fourth-order valence-corrected chi connectivity index (χ4v) is 1.84. The summed E-state index contributed by atoms with van der Waals surface area (Å²) >= 11 is 0. The molecule has 0 saturated heterocycles. The van der Waals surface area contributed by atoms with Gasteiger partial charge in [0.05, 0.1) is 5.56 Å². The van der Waals surface area contributed by atoms with Gasteiger partial charge < -0.3 is 5.73 Å². The monoisotopic (exact) mass is 291 g/mol. The molecule has 0 saturated carbocycles. The molecule has 0 aliphatic carbocycles. The molecule has 0 aromatic heterocycles. The maximum absolute atomic E-state index is 13.7. The van der Waals surface area contributed by atoms with Gasteiger partial charge in [0.25, 0.3) is 0 Å². The molecule has 0 heterocycles. The highest BCUT2D eigenvalue weighted by atomic mass is 19.2. The second-order valence-corrected chi connectivity index (χ2v) is 3.92. The number of rotatable bonds is 2. The van der Waals surface area contributed by atoms with Crippen molar-refractivity contribution in [3.05, 3.63) is 58.7 Å². The first-order valence-electron chi connectivity index (χ1n) is 5.39. The zero-order valence-corrected chi connectivity index (χ0v) is 9.78. The van der Waals surface area contributed by atoms with Crippen LogP contribution in [0.15, 0.2) is 18.2 Å². The van der Waals surface area contributed by atoms with Gasteiger partial charge in [-0.1, -0.05) is 12.1 Å². The Kier molecular flexibility index (Phi) is 3.71. The minimum Gasteiger partial charge on any atom is -0.326 e.